The fourth-order valence-corrected chi connectivity index (χ4v) is 6.63. The summed E-state index contributed by atoms with van der Waals surface area (Å²) in [6.07, 6.45) is 7.10. The maximum absolute atomic E-state index is 13.0. The van der Waals surface area contributed by atoms with Crippen LogP contribution in [-0.4, -0.2) is 92.3 Å². The SMILES string of the molecule is O=C(CN1CCN(c2ccc(S(=O)(=O)N3CCCCC3)cc2[N+](=O)[O-])CC1)N1CCCCCC1. The van der Waals surface area contributed by atoms with Crippen LogP contribution in [0.4, 0.5) is 11.4 Å². The Bertz CT molecular complexity index is 979. The van der Waals surface area contributed by atoms with E-state index in [2.05, 4.69) is 4.90 Å². The first-order chi connectivity index (χ1) is 16.4. The van der Waals surface area contributed by atoms with Crippen LogP contribution in [-0.2, 0) is 14.8 Å². The van der Waals surface area contributed by atoms with Gasteiger partial charge in [0.2, 0.25) is 15.9 Å². The van der Waals surface area contributed by atoms with Crippen molar-refractivity contribution in [2.24, 2.45) is 0 Å². The minimum absolute atomic E-state index is 0.0217. The number of nitro benzene ring substituents is 1. The zero-order chi connectivity index (χ0) is 24.1. The Morgan fingerprint density at radius 1 is 0.853 bits per heavy atom. The number of likely N-dealkylation sites (tertiary alicyclic amines) is 1. The molecule has 3 heterocycles. The Morgan fingerprint density at radius 3 is 2.06 bits per heavy atom. The lowest BCUT2D eigenvalue weighted by molar-refractivity contribution is -0.384. The highest BCUT2D eigenvalue weighted by molar-refractivity contribution is 7.89. The zero-order valence-electron chi connectivity index (χ0n) is 19.7. The van der Waals surface area contributed by atoms with Crippen molar-refractivity contribution in [1.82, 2.24) is 14.1 Å². The van der Waals surface area contributed by atoms with Crippen LogP contribution in [0, 0.1) is 10.1 Å². The van der Waals surface area contributed by atoms with Crippen molar-refractivity contribution in [3.63, 3.8) is 0 Å². The van der Waals surface area contributed by atoms with Crippen LogP contribution in [0.15, 0.2) is 23.1 Å². The number of carbonyl (C=O) groups excluding carboxylic acids is 1. The van der Waals surface area contributed by atoms with Crippen molar-refractivity contribution < 1.29 is 18.1 Å². The van der Waals surface area contributed by atoms with Crippen molar-refractivity contribution in [3.05, 3.63) is 28.3 Å². The fourth-order valence-electron chi connectivity index (χ4n) is 5.09. The summed E-state index contributed by atoms with van der Waals surface area (Å²) >= 11 is 0. The van der Waals surface area contributed by atoms with Crippen LogP contribution in [0.1, 0.15) is 44.9 Å². The second-order valence-corrected chi connectivity index (χ2v) is 11.4. The molecule has 4 rings (SSSR count). The number of hydrogen-bond acceptors (Lipinski definition) is 7. The molecule has 11 heteroatoms. The van der Waals surface area contributed by atoms with E-state index in [0.717, 1.165) is 45.2 Å². The highest BCUT2D eigenvalue weighted by Gasteiger charge is 2.31. The summed E-state index contributed by atoms with van der Waals surface area (Å²) in [5.74, 6) is 0.161. The number of sulfonamides is 1. The number of benzene rings is 1. The van der Waals surface area contributed by atoms with E-state index in [9.17, 15) is 23.3 Å². The van der Waals surface area contributed by atoms with Gasteiger partial charge in [-0.15, -0.1) is 0 Å². The van der Waals surface area contributed by atoms with E-state index in [1.807, 2.05) is 9.80 Å². The minimum Gasteiger partial charge on any atom is -0.363 e. The van der Waals surface area contributed by atoms with Crippen LogP contribution in [0.2, 0.25) is 0 Å². The second-order valence-electron chi connectivity index (χ2n) is 9.43. The number of hydrogen-bond donors (Lipinski definition) is 0. The van der Waals surface area contributed by atoms with Gasteiger partial charge in [0.15, 0.2) is 0 Å². The van der Waals surface area contributed by atoms with Gasteiger partial charge in [0, 0.05) is 58.4 Å². The molecule has 10 nitrogen and oxygen atoms in total. The monoisotopic (exact) mass is 493 g/mol. The summed E-state index contributed by atoms with van der Waals surface area (Å²) < 4.78 is 27.4. The van der Waals surface area contributed by atoms with Crippen molar-refractivity contribution in [1.29, 1.82) is 0 Å². The van der Waals surface area contributed by atoms with Crippen LogP contribution in [0.3, 0.4) is 0 Å². The predicted molar refractivity (Wildman–Crippen MR) is 129 cm³/mol. The predicted octanol–water partition coefficient (Wildman–Crippen LogP) is 2.29. The van der Waals surface area contributed by atoms with Crippen molar-refractivity contribution in [2.45, 2.75) is 49.8 Å². The smallest absolute Gasteiger partial charge is 0.293 e. The van der Waals surface area contributed by atoms with E-state index in [0.29, 0.717) is 51.5 Å². The molecular weight excluding hydrogens is 458 g/mol. The number of anilines is 1. The van der Waals surface area contributed by atoms with Gasteiger partial charge in [-0.05, 0) is 37.8 Å². The van der Waals surface area contributed by atoms with Gasteiger partial charge in [-0.25, -0.2) is 8.42 Å². The molecule has 3 fully saturated rings. The molecule has 3 aliphatic rings. The lowest BCUT2D eigenvalue weighted by Gasteiger charge is -2.36. The van der Waals surface area contributed by atoms with Crippen LogP contribution in [0.5, 0.6) is 0 Å². The summed E-state index contributed by atoms with van der Waals surface area (Å²) in [6, 6.07) is 4.25. The highest BCUT2D eigenvalue weighted by atomic mass is 32.2. The first-order valence-corrected chi connectivity index (χ1v) is 13.8. The van der Waals surface area contributed by atoms with E-state index in [4.69, 9.17) is 0 Å². The maximum atomic E-state index is 13.0. The molecule has 34 heavy (non-hydrogen) atoms. The lowest BCUT2D eigenvalue weighted by atomic mass is 10.2. The van der Waals surface area contributed by atoms with Gasteiger partial charge in [-0.3, -0.25) is 19.8 Å². The zero-order valence-corrected chi connectivity index (χ0v) is 20.5. The number of piperazine rings is 1. The third-order valence-corrected chi connectivity index (χ3v) is 9.02. The normalized spacial score (nSPS) is 21.3. The molecule has 0 radical (unpaired) electrons. The van der Waals surface area contributed by atoms with E-state index in [1.165, 1.54) is 29.3 Å². The molecular formula is C23H35N5O5S. The van der Waals surface area contributed by atoms with Crippen LogP contribution >= 0.6 is 0 Å². The molecule has 0 unspecified atom stereocenters. The molecule has 0 atom stereocenters. The molecule has 0 aromatic heterocycles. The van der Waals surface area contributed by atoms with Gasteiger partial charge in [0.05, 0.1) is 16.4 Å². The van der Waals surface area contributed by atoms with Crippen molar-refractivity contribution in [3.8, 4) is 0 Å². The highest BCUT2D eigenvalue weighted by Crippen LogP contribution is 2.33. The van der Waals surface area contributed by atoms with Gasteiger partial charge in [-0.1, -0.05) is 19.3 Å². The lowest BCUT2D eigenvalue weighted by Crippen LogP contribution is -2.50. The Morgan fingerprint density at radius 2 is 1.44 bits per heavy atom. The Kier molecular flexibility index (Phi) is 8.05. The number of amides is 1. The second kappa shape index (κ2) is 11.0. The van der Waals surface area contributed by atoms with Crippen LogP contribution < -0.4 is 4.90 Å². The number of nitro groups is 1. The first-order valence-electron chi connectivity index (χ1n) is 12.4. The van der Waals surface area contributed by atoms with Crippen molar-refractivity contribution >= 4 is 27.3 Å². The quantitative estimate of drug-likeness (QED) is 0.442. The summed E-state index contributed by atoms with van der Waals surface area (Å²) in [5.41, 5.74) is 0.244. The molecule has 1 aromatic carbocycles. The van der Waals surface area contributed by atoms with Gasteiger partial charge >= 0.3 is 0 Å². The summed E-state index contributed by atoms with van der Waals surface area (Å²) in [7, 11) is -3.74. The fraction of sp³-hybridized carbons (Fsp3) is 0.696. The largest absolute Gasteiger partial charge is 0.363 e. The average molecular weight is 494 g/mol. The molecule has 0 bridgehead atoms. The van der Waals surface area contributed by atoms with E-state index in [1.54, 1.807) is 6.07 Å². The first kappa shape index (κ1) is 24.9. The molecule has 0 N–H and O–H groups in total. The molecule has 1 amide bonds. The molecule has 3 aliphatic heterocycles. The maximum Gasteiger partial charge on any atom is 0.293 e. The number of nitrogens with zero attached hydrogens (tertiary/aromatic N) is 5. The Labute approximate surface area is 201 Å². The van der Waals surface area contributed by atoms with Gasteiger partial charge in [-0.2, -0.15) is 4.31 Å². The third kappa shape index (κ3) is 5.69. The summed E-state index contributed by atoms with van der Waals surface area (Å²) in [6.45, 7) is 5.30. The van der Waals surface area contributed by atoms with Crippen LogP contribution in [0.25, 0.3) is 0 Å². The number of carbonyl (C=O) groups is 1. The number of rotatable bonds is 6. The number of piperidine rings is 1. The Balaban J connectivity index is 1.41. The molecule has 188 valence electrons. The average Bonchev–Trinajstić information content (AvgIpc) is 3.14. The van der Waals surface area contributed by atoms with E-state index in [-0.39, 0.29) is 16.5 Å². The molecule has 0 saturated carbocycles. The molecule has 0 spiro atoms. The third-order valence-electron chi connectivity index (χ3n) is 7.13. The van der Waals surface area contributed by atoms with Gasteiger partial charge < -0.3 is 9.80 Å². The molecule has 3 saturated heterocycles. The topological polar surface area (TPSA) is 107 Å². The summed E-state index contributed by atoms with van der Waals surface area (Å²) in [4.78, 5) is 30.0. The van der Waals surface area contributed by atoms with E-state index < -0.39 is 14.9 Å². The Hall–Kier alpha value is -2.24. The molecule has 1 aromatic rings. The standard InChI is InChI=1S/C23H35N5O5S/c29-23(26-10-4-1-2-5-11-26)19-24-14-16-25(17-15-24)21-9-8-20(18-22(21)28(30)31)34(32,33)27-12-6-3-7-13-27/h8-9,18H,1-7,10-17,19H2. The molecule has 0 aliphatic carbocycles. The van der Waals surface area contributed by atoms with E-state index >= 15 is 0 Å². The van der Waals surface area contributed by atoms with Crippen molar-refractivity contribution in [2.75, 3.05) is 63.8 Å². The van der Waals surface area contributed by atoms with Gasteiger partial charge in [0.1, 0.15) is 5.69 Å². The summed E-state index contributed by atoms with van der Waals surface area (Å²) in [5, 5.41) is 11.8. The minimum atomic E-state index is -3.74. The van der Waals surface area contributed by atoms with Gasteiger partial charge in [0.25, 0.3) is 5.69 Å².